The summed E-state index contributed by atoms with van der Waals surface area (Å²) in [6.07, 6.45) is 0. The Labute approximate surface area is 155 Å². The number of imide groups is 1. The Kier molecular flexibility index (Phi) is 6.77. The lowest BCUT2D eigenvalue weighted by Gasteiger charge is -2.08. The molecule has 0 aliphatic rings. The van der Waals surface area contributed by atoms with E-state index in [4.69, 9.17) is 0 Å². The van der Waals surface area contributed by atoms with Crippen molar-refractivity contribution >= 4 is 45.9 Å². The van der Waals surface area contributed by atoms with Crippen molar-refractivity contribution in [2.24, 2.45) is 0 Å². The molecule has 0 radical (unpaired) electrons. The SMILES string of the molecule is CNC(=O)NC(=O)[C@@H](C)Sc1nnc(Nc2ccc(C(C)C)cc2)s1. The summed E-state index contributed by atoms with van der Waals surface area (Å²) in [5.41, 5.74) is 2.21. The van der Waals surface area contributed by atoms with Crippen molar-refractivity contribution in [1.29, 1.82) is 0 Å². The van der Waals surface area contributed by atoms with Gasteiger partial charge in [0.2, 0.25) is 11.0 Å². The molecule has 25 heavy (non-hydrogen) atoms. The van der Waals surface area contributed by atoms with E-state index >= 15 is 0 Å². The number of nitrogens with zero attached hydrogens (tertiary/aromatic N) is 2. The van der Waals surface area contributed by atoms with Crippen LogP contribution in [-0.2, 0) is 4.79 Å². The van der Waals surface area contributed by atoms with Crippen LogP contribution >= 0.6 is 23.1 Å². The van der Waals surface area contributed by atoms with E-state index in [0.29, 0.717) is 15.4 Å². The molecule has 1 aromatic heterocycles. The Hall–Kier alpha value is -2.13. The summed E-state index contributed by atoms with van der Waals surface area (Å²) in [6, 6.07) is 7.64. The third-order valence-electron chi connectivity index (χ3n) is 3.35. The van der Waals surface area contributed by atoms with Gasteiger partial charge in [0, 0.05) is 12.7 Å². The molecule has 0 bridgehead atoms. The molecule has 2 rings (SSSR count). The van der Waals surface area contributed by atoms with E-state index < -0.39 is 11.3 Å². The lowest BCUT2D eigenvalue weighted by atomic mass is 10.0. The average molecular weight is 380 g/mol. The zero-order chi connectivity index (χ0) is 18.4. The van der Waals surface area contributed by atoms with E-state index in [2.05, 4.69) is 52.1 Å². The van der Waals surface area contributed by atoms with Crippen molar-refractivity contribution in [3.63, 3.8) is 0 Å². The van der Waals surface area contributed by atoms with Gasteiger partial charge in [0.1, 0.15) is 0 Å². The van der Waals surface area contributed by atoms with Gasteiger partial charge in [0.25, 0.3) is 0 Å². The van der Waals surface area contributed by atoms with E-state index in [1.54, 1.807) is 6.92 Å². The summed E-state index contributed by atoms with van der Waals surface area (Å²) >= 11 is 2.61. The van der Waals surface area contributed by atoms with Crippen LogP contribution in [0.25, 0.3) is 0 Å². The number of benzene rings is 1. The molecule has 3 N–H and O–H groups in total. The van der Waals surface area contributed by atoms with Gasteiger partial charge in [0.15, 0.2) is 4.34 Å². The molecule has 9 heteroatoms. The molecule has 0 saturated heterocycles. The maximum Gasteiger partial charge on any atom is 0.321 e. The number of hydrogen-bond donors (Lipinski definition) is 3. The van der Waals surface area contributed by atoms with Crippen LogP contribution in [0.15, 0.2) is 28.6 Å². The predicted molar refractivity (Wildman–Crippen MR) is 102 cm³/mol. The van der Waals surface area contributed by atoms with E-state index in [-0.39, 0.29) is 5.91 Å². The second-order valence-electron chi connectivity index (χ2n) is 5.60. The summed E-state index contributed by atoms with van der Waals surface area (Å²) in [6.45, 7) is 6.01. The Bertz CT molecular complexity index is 730. The molecule has 1 atom stereocenters. The molecule has 1 heterocycles. The fraction of sp³-hybridized carbons (Fsp3) is 0.375. The van der Waals surface area contributed by atoms with Crippen molar-refractivity contribution in [2.45, 2.75) is 36.3 Å². The van der Waals surface area contributed by atoms with Crippen LogP contribution in [0.2, 0.25) is 0 Å². The summed E-state index contributed by atoms with van der Waals surface area (Å²) < 4.78 is 0.654. The molecule has 7 nitrogen and oxygen atoms in total. The monoisotopic (exact) mass is 379 g/mol. The molecule has 0 saturated carbocycles. The van der Waals surface area contributed by atoms with Crippen LogP contribution in [0.4, 0.5) is 15.6 Å². The number of aromatic nitrogens is 2. The molecular weight excluding hydrogens is 358 g/mol. The van der Waals surface area contributed by atoms with Gasteiger partial charge in [-0.15, -0.1) is 10.2 Å². The fourth-order valence-electron chi connectivity index (χ4n) is 1.86. The summed E-state index contributed by atoms with van der Waals surface area (Å²) in [7, 11) is 1.46. The van der Waals surface area contributed by atoms with Crippen molar-refractivity contribution < 1.29 is 9.59 Å². The van der Waals surface area contributed by atoms with Crippen LogP contribution in [0.5, 0.6) is 0 Å². The standard InChI is InChI=1S/C16H21N5O2S2/c1-9(2)11-5-7-12(8-6-11)18-15-20-21-16(25-15)24-10(3)13(22)19-14(23)17-4/h5-10H,1-4H3,(H,18,20)(H2,17,19,22,23)/t10-/m1/s1. The largest absolute Gasteiger partial charge is 0.341 e. The first-order chi connectivity index (χ1) is 11.9. The molecule has 1 aromatic carbocycles. The van der Waals surface area contributed by atoms with Gasteiger partial charge >= 0.3 is 6.03 Å². The molecule has 0 unspecified atom stereocenters. The highest BCUT2D eigenvalue weighted by Gasteiger charge is 2.18. The normalized spacial score (nSPS) is 11.9. The molecule has 2 aromatic rings. The van der Waals surface area contributed by atoms with E-state index in [1.165, 1.54) is 35.7 Å². The second-order valence-corrected chi connectivity index (χ2v) is 8.17. The van der Waals surface area contributed by atoms with E-state index in [9.17, 15) is 9.59 Å². The highest BCUT2D eigenvalue weighted by molar-refractivity contribution is 8.02. The number of hydrogen-bond acceptors (Lipinski definition) is 7. The third kappa shape index (κ3) is 5.71. The zero-order valence-electron chi connectivity index (χ0n) is 14.5. The van der Waals surface area contributed by atoms with Gasteiger partial charge in [-0.3, -0.25) is 10.1 Å². The third-order valence-corrected chi connectivity index (χ3v) is 5.37. The summed E-state index contributed by atoms with van der Waals surface area (Å²) in [4.78, 5) is 23.0. The zero-order valence-corrected chi connectivity index (χ0v) is 16.1. The minimum absolute atomic E-state index is 0.377. The first-order valence-electron chi connectivity index (χ1n) is 7.78. The Morgan fingerprint density at radius 3 is 2.40 bits per heavy atom. The molecule has 3 amide bonds. The minimum atomic E-state index is -0.526. The quantitative estimate of drug-likeness (QED) is 0.666. The fourth-order valence-corrected chi connectivity index (χ4v) is 3.78. The molecule has 0 aliphatic carbocycles. The Morgan fingerprint density at radius 1 is 1.12 bits per heavy atom. The molecular formula is C16H21N5O2S2. The number of rotatable bonds is 6. The first-order valence-corrected chi connectivity index (χ1v) is 9.48. The van der Waals surface area contributed by atoms with Crippen LogP contribution in [0.1, 0.15) is 32.3 Å². The van der Waals surface area contributed by atoms with Crippen LogP contribution < -0.4 is 16.0 Å². The number of nitrogens with one attached hydrogen (secondary N) is 3. The molecule has 0 fully saturated rings. The Balaban J connectivity index is 1.93. The van der Waals surface area contributed by atoms with E-state index in [0.717, 1.165) is 5.69 Å². The first kappa shape index (κ1) is 19.2. The average Bonchev–Trinajstić information content (AvgIpc) is 3.01. The van der Waals surface area contributed by atoms with Gasteiger partial charge in [-0.2, -0.15) is 0 Å². The number of anilines is 2. The maximum atomic E-state index is 11.8. The van der Waals surface area contributed by atoms with Gasteiger partial charge in [-0.25, -0.2) is 4.79 Å². The second kappa shape index (κ2) is 8.82. The highest BCUT2D eigenvalue weighted by atomic mass is 32.2. The van der Waals surface area contributed by atoms with Gasteiger partial charge in [0.05, 0.1) is 5.25 Å². The van der Waals surface area contributed by atoms with Crippen LogP contribution in [0.3, 0.4) is 0 Å². The molecule has 0 aliphatic heterocycles. The number of carbonyl (C=O) groups is 2. The highest BCUT2D eigenvalue weighted by Crippen LogP contribution is 2.30. The van der Waals surface area contributed by atoms with Crippen molar-refractivity contribution in [1.82, 2.24) is 20.8 Å². The smallest absolute Gasteiger partial charge is 0.321 e. The van der Waals surface area contributed by atoms with Gasteiger partial charge in [-0.1, -0.05) is 49.1 Å². The minimum Gasteiger partial charge on any atom is -0.341 e. The van der Waals surface area contributed by atoms with Crippen molar-refractivity contribution in [2.75, 3.05) is 12.4 Å². The lowest BCUT2D eigenvalue weighted by Crippen LogP contribution is -2.41. The van der Waals surface area contributed by atoms with Crippen LogP contribution in [-0.4, -0.2) is 34.4 Å². The number of thioether (sulfide) groups is 1. The van der Waals surface area contributed by atoms with Crippen molar-refractivity contribution in [3.05, 3.63) is 29.8 Å². The maximum absolute atomic E-state index is 11.8. The predicted octanol–water partition coefficient (Wildman–Crippen LogP) is 3.34. The summed E-state index contributed by atoms with van der Waals surface area (Å²) in [5, 5.41) is 16.1. The van der Waals surface area contributed by atoms with E-state index in [1.807, 2.05) is 12.1 Å². The van der Waals surface area contributed by atoms with Crippen LogP contribution in [0, 0.1) is 0 Å². The lowest BCUT2D eigenvalue weighted by molar-refractivity contribution is -0.119. The molecule has 134 valence electrons. The molecule has 0 spiro atoms. The van der Waals surface area contributed by atoms with Crippen molar-refractivity contribution in [3.8, 4) is 0 Å². The summed E-state index contributed by atoms with van der Waals surface area (Å²) in [5.74, 6) is 0.110. The Morgan fingerprint density at radius 2 is 1.80 bits per heavy atom. The number of carbonyl (C=O) groups excluding carboxylic acids is 2. The van der Waals surface area contributed by atoms with Gasteiger partial charge in [-0.05, 0) is 30.5 Å². The number of amides is 3. The number of urea groups is 1. The van der Waals surface area contributed by atoms with Gasteiger partial charge < -0.3 is 10.6 Å². The topological polar surface area (TPSA) is 96.0 Å².